The highest BCUT2D eigenvalue weighted by Gasteiger charge is 2.16. The lowest BCUT2D eigenvalue weighted by atomic mass is 10.0. The third-order valence-electron chi connectivity index (χ3n) is 4.73. The summed E-state index contributed by atoms with van der Waals surface area (Å²) in [4.78, 5) is 17.0. The Morgan fingerprint density at radius 1 is 1.07 bits per heavy atom. The maximum Gasteiger partial charge on any atom is 0.247 e. The molecule has 142 valence electrons. The molecule has 3 aromatic heterocycles. The smallest absolute Gasteiger partial charge is 0.247 e. The van der Waals surface area contributed by atoms with E-state index in [2.05, 4.69) is 32.6 Å². The number of fused-ring (bicyclic) bond motifs is 1. The topological polar surface area (TPSA) is 77.6 Å². The van der Waals surface area contributed by atoms with E-state index in [1.807, 2.05) is 55.8 Å². The Balaban J connectivity index is 1.63. The Labute approximate surface area is 163 Å². The van der Waals surface area contributed by atoms with Crippen LogP contribution in [0.3, 0.4) is 0 Å². The molecule has 1 amide bonds. The van der Waals surface area contributed by atoms with Crippen LogP contribution in [0.15, 0.2) is 48.7 Å². The van der Waals surface area contributed by atoms with E-state index < -0.39 is 0 Å². The number of nitrogens with one attached hydrogen (secondary N) is 1. The van der Waals surface area contributed by atoms with Crippen molar-refractivity contribution in [2.24, 2.45) is 0 Å². The van der Waals surface area contributed by atoms with Crippen LogP contribution in [0, 0.1) is 13.8 Å². The van der Waals surface area contributed by atoms with E-state index in [0.29, 0.717) is 11.5 Å². The van der Waals surface area contributed by atoms with Crippen molar-refractivity contribution in [1.82, 2.24) is 24.5 Å². The summed E-state index contributed by atoms with van der Waals surface area (Å²) in [5.41, 5.74) is 4.71. The van der Waals surface area contributed by atoms with Crippen molar-refractivity contribution in [3.63, 3.8) is 0 Å². The maximum absolute atomic E-state index is 12.5. The third kappa shape index (κ3) is 3.26. The number of pyridine rings is 1. The fraction of sp³-hybridized carbons (Fsp3) is 0.238. The average molecular weight is 374 g/mol. The highest BCUT2D eigenvalue weighted by Crippen LogP contribution is 2.29. The monoisotopic (exact) mass is 374 g/mol. The number of aromatic nitrogens is 5. The summed E-state index contributed by atoms with van der Waals surface area (Å²) in [5.74, 6) is 0.368. The van der Waals surface area contributed by atoms with Gasteiger partial charge in [-0.3, -0.25) is 9.48 Å². The van der Waals surface area contributed by atoms with Gasteiger partial charge >= 0.3 is 0 Å². The molecule has 0 aliphatic carbocycles. The molecule has 0 fully saturated rings. The van der Waals surface area contributed by atoms with Crippen LogP contribution in [0.1, 0.15) is 18.3 Å². The lowest BCUT2D eigenvalue weighted by molar-refractivity contribution is -0.116. The molecule has 0 spiro atoms. The van der Waals surface area contributed by atoms with E-state index in [4.69, 9.17) is 0 Å². The molecule has 0 aliphatic rings. The first kappa shape index (κ1) is 17.9. The fourth-order valence-corrected chi connectivity index (χ4v) is 3.46. The molecule has 28 heavy (non-hydrogen) atoms. The van der Waals surface area contributed by atoms with E-state index in [-0.39, 0.29) is 12.5 Å². The van der Waals surface area contributed by atoms with Crippen LogP contribution < -0.4 is 5.32 Å². The lowest BCUT2D eigenvalue weighted by Gasteiger charge is -2.05. The van der Waals surface area contributed by atoms with Crippen LogP contribution >= 0.6 is 0 Å². The molecule has 0 radical (unpaired) electrons. The Morgan fingerprint density at radius 2 is 1.86 bits per heavy atom. The molecule has 4 aromatic rings. The van der Waals surface area contributed by atoms with Crippen molar-refractivity contribution in [2.45, 2.75) is 33.9 Å². The van der Waals surface area contributed by atoms with Crippen LogP contribution in [0.2, 0.25) is 0 Å². The lowest BCUT2D eigenvalue weighted by Crippen LogP contribution is -2.20. The number of carbonyl (C=O) groups excluding carboxylic acids is 1. The summed E-state index contributed by atoms with van der Waals surface area (Å²) in [6.07, 6.45) is 1.76. The van der Waals surface area contributed by atoms with E-state index in [0.717, 1.165) is 34.4 Å². The highest BCUT2D eigenvalue weighted by molar-refractivity contribution is 5.96. The number of carbonyl (C=O) groups is 1. The molecular weight excluding hydrogens is 352 g/mol. The van der Waals surface area contributed by atoms with Gasteiger partial charge in [0.05, 0.1) is 5.69 Å². The zero-order chi connectivity index (χ0) is 19.7. The van der Waals surface area contributed by atoms with Crippen molar-refractivity contribution >= 4 is 22.8 Å². The van der Waals surface area contributed by atoms with Crippen LogP contribution in [-0.4, -0.2) is 30.5 Å². The second-order valence-corrected chi connectivity index (χ2v) is 6.70. The van der Waals surface area contributed by atoms with Gasteiger partial charge in [0, 0.05) is 29.9 Å². The third-order valence-corrected chi connectivity index (χ3v) is 4.73. The predicted molar refractivity (Wildman–Crippen MR) is 109 cm³/mol. The van der Waals surface area contributed by atoms with Crippen LogP contribution in [0.5, 0.6) is 0 Å². The Morgan fingerprint density at radius 3 is 2.57 bits per heavy atom. The number of amides is 1. The number of benzene rings is 1. The number of aryl methyl sites for hydroxylation is 3. The van der Waals surface area contributed by atoms with Gasteiger partial charge in [-0.05, 0) is 38.0 Å². The first-order valence-corrected chi connectivity index (χ1v) is 9.28. The largest absolute Gasteiger partial charge is 0.308 e. The minimum Gasteiger partial charge on any atom is -0.308 e. The molecular formula is C21H22N6O. The molecule has 7 nitrogen and oxygen atoms in total. The number of rotatable bonds is 5. The Bertz CT molecular complexity index is 1140. The van der Waals surface area contributed by atoms with Gasteiger partial charge in [0.25, 0.3) is 0 Å². The molecule has 0 atom stereocenters. The first-order chi connectivity index (χ1) is 13.6. The van der Waals surface area contributed by atoms with Crippen molar-refractivity contribution in [3.05, 3.63) is 60.0 Å². The molecule has 0 bridgehead atoms. The minimum atomic E-state index is -0.183. The van der Waals surface area contributed by atoms with Gasteiger partial charge in [-0.2, -0.15) is 10.2 Å². The highest BCUT2D eigenvalue weighted by atomic mass is 16.2. The molecule has 0 aliphatic heterocycles. The summed E-state index contributed by atoms with van der Waals surface area (Å²) < 4.78 is 3.49. The van der Waals surface area contributed by atoms with Crippen LogP contribution in [0.25, 0.3) is 22.2 Å². The van der Waals surface area contributed by atoms with Gasteiger partial charge < -0.3 is 5.32 Å². The molecule has 7 heteroatoms. The minimum absolute atomic E-state index is 0.0770. The van der Waals surface area contributed by atoms with Gasteiger partial charge in [-0.25, -0.2) is 9.67 Å². The van der Waals surface area contributed by atoms with E-state index in [1.54, 1.807) is 10.9 Å². The van der Waals surface area contributed by atoms with Crippen LogP contribution in [-0.2, 0) is 17.9 Å². The Hall–Kier alpha value is -3.48. The van der Waals surface area contributed by atoms with Gasteiger partial charge in [-0.1, -0.05) is 30.3 Å². The number of nitrogens with zero attached hydrogens (tertiary/aromatic N) is 5. The van der Waals surface area contributed by atoms with Gasteiger partial charge in [-0.15, -0.1) is 0 Å². The zero-order valence-electron chi connectivity index (χ0n) is 16.2. The SMILES string of the molecule is CCn1nc(NC(=O)Cn2nc(C)c3c(-c4ccccc4)ccnc32)cc1C. The predicted octanol–water partition coefficient (Wildman–Crippen LogP) is 3.57. The number of hydrogen-bond acceptors (Lipinski definition) is 4. The standard InChI is InChI=1S/C21H22N6O/c1-4-26-14(2)12-18(25-26)23-19(28)13-27-21-20(15(3)24-27)17(10-11-22-21)16-8-6-5-7-9-16/h5-12H,4,13H2,1-3H3,(H,23,25,28). The molecule has 1 aromatic carbocycles. The number of hydrogen-bond donors (Lipinski definition) is 1. The second kappa shape index (κ2) is 7.26. The van der Waals surface area contributed by atoms with Gasteiger partial charge in [0.2, 0.25) is 5.91 Å². The van der Waals surface area contributed by atoms with Gasteiger partial charge in [0.1, 0.15) is 6.54 Å². The molecule has 0 unspecified atom stereocenters. The van der Waals surface area contributed by atoms with Crippen LogP contribution in [0.4, 0.5) is 5.82 Å². The molecule has 0 saturated heterocycles. The summed E-state index contributed by atoms with van der Waals surface area (Å²) in [6.45, 7) is 6.76. The van der Waals surface area contributed by atoms with Crippen molar-refractivity contribution in [1.29, 1.82) is 0 Å². The summed E-state index contributed by atoms with van der Waals surface area (Å²) in [6, 6.07) is 14.0. The Kier molecular flexibility index (Phi) is 4.65. The average Bonchev–Trinajstić information content (AvgIpc) is 3.21. The molecule has 3 heterocycles. The van der Waals surface area contributed by atoms with E-state index in [1.165, 1.54) is 0 Å². The summed E-state index contributed by atoms with van der Waals surface area (Å²) in [5, 5.41) is 12.7. The summed E-state index contributed by atoms with van der Waals surface area (Å²) >= 11 is 0. The summed E-state index contributed by atoms with van der Waals surface area (Å²) in [7, 11) is 0. The maximum atomic E-state index is 12.5. The molecule has 1 N–H and O–H groups in total. The quantitative estimate of drug-likeness (QED) is 0.579. The normalized spacial score (nSPS) is 11.1. The van der Waals surface area contributed by atoms with Crippen molar-refractivity contribution in [3.8, 4) is 11.1 Å². The molecule has 4 rings (SSSR count). The molecule has 0 saturated carbocycles. The second-order valence-electron chi connectivity index (χ2n) is 6.70. The van der Waals surface area contributed by atoms with Crippen molar-refractivity contribution in [2.75, 3.05) is 5.32 Å². The first-order valence-electron chi connectivity index (χ1n) is 9.28. The fourth-order valence-electron chi connectivity index (χ4n) is 3.46. The van der Waals surface area contributed by atoms with Crippen molar-refractivity contribution < 1.29 is 4.79 Å². The van der Waals surface area contributed by atoms with Gasteiger partial charge in [0.15, 0.2) is 11.5 Å². The number of anilines is 1. The van der Waals surface area contributed by atoms with E-state index >= 15 is 0 Å². The zero-order valence-corrected chi connectivity index (χ0v) is 16.2. The van der Waals surface area contributed by atoms with E-state index in [9.17, 15) is 4.79 Å².